The molecule has 0 aliphatic carbocycles. The smallest absolute Gasteiger partial charge is 0.349 e. The molecule has 3 aromatic rings. The Hall–Kier alpha value is -3.00. The maximum atomic E-state index is 12.5. The zero-order chi connectivity index (χ0) is 18.0. The van der Waals surface area contributed by atoms with Crippen LogP contribution in [0.25, 0.3) is 5.69 Å². The Morgan fingerprint density at radius 1 is 1.24 bits per heavy atom. The number of aromatic nitrogens is 3. The van der Waals surface area contributed by atoms with Gasteiger partial charge in [-0.05, 0) is 31.5 Å². The fourth-order valence-corrected chi connectivity index (χ4v) is 3.07. The van der Waals surface area contributed by atoms with Crippen LogP contribution < -0.4 is 5.32 Å². The maximum absolute atomic E-state index is 12.5. The fraction of sp³-hybridized carbons (Fsp3) is 0.176. The summed E-state index contributed by atoms with van der Waals surface area (Å²) >= 11 is 1.05. The summed E-state index contributed by atoms with van der Waals surface area (Å²) in [5.41, 5.74) is 3.15. The normalized spacial score (nSPS) is 10.5. The molecule has 3 rings (SSSR count). The predicted molar refractivity (Wildman–Crippen MR) is 94.4 cm³/mol. The number of amides is 1. The van der Waals surface area contributed by atoms with Gasteiger partial charge in [0.25, 0.3) is 5.91 Å². The molecule has 0 saturated carbocycles. The highest BCUT2D eigenvalue weighted by molar-refractivity contribution is 7.17. The lowest BCUT2D eigenvalue weighted by Gasteiger charge is -2.06. The Labute approximate surface area is 148 Å². The first kappa shape index (κ1) is 16.8. The van der Waals surface area contributed by atoms with Crippen LogP contribution >= 0.6 is 11.3 Å². The monoisotopic (exact) mass is 356 g/mol. The molecule has 25 heavy (non-hydrogen) atoms. The van der Waals surface area contributed by atoms with E-state index in [1.165, 1.54) is 19.5 Å². The summed E-state index contributed by atoms with van der Waals surface area (Å²) in [6.07, 6.45) is 2.89. The van der Waals surface area contributed by atoms with Crippen LogP contribution in [0.2, 0.25) is 0 Å². The highest BCUT2D eigenvalue weighted by Crippen LogP contribution is 2.21. The van der Waals surface area contributed by atoms with Crippen LogP contribution in [0.3, 0.4) is 0 Å². The number of hydrogen-bond donors (Lipinski definition) is 1. The summed E-state index contributed by atoms with van der Waals surface area (Å²) in [7, 11) is 1.29. The van der Waals surface area contributed by atoms with E-state index in [4.69, 9.17) is 0 Å². The number of nitrogens with one attached hydrogen (secondary N) is 1. The average Bonchev–Trinajstić information content (AvgIpc) is 3.21. The molecule has 0 saturated heterocycles. The van der Waals surface area contributed by atoms with Gasteiger partial charge in [-0.2, -0.15) is 5.10 Å². The molecule has 8 heteroatoms. The molecule has 0 fully saturated rings. The van der Waals surface area contributed by atoms with Crippen molar-refractivity contribution in [2.75, 3.05) is 12.4 Å². The van der Waals surface area contributed by atoms with E-state index in [-0.39, 0.29) is 5.91 Å². The number of thiazole rings is 1. The van der Waals surface area contributed by atoms with Gasteiger partial charge in [-0.1, -0.05) is 23.5 Å². The maximum Gasteiger partial charge on any atom is 0.349 e. The molecule has 1 aromatic carbocycles. The number of rotatable bonds is 4. The third-order valence-electron chi connectivity index (χ3n) is 3.61. The van der Waals surface area contributed by atoms with E-state index in [1.807, 2.05) is 38.1 Å². The zero-order valence-corrected chi connectivity index (χ0v) is 14.8. The first-order chi connectivity index (χ1) is 12.0. The lowest BCUT2D eigenvalue weighted by molar-refractivity contribution is 0.0606. The van der Waals surface area contributed by atoms with Crippen LogP contribution in [0.5, 0.6) is 0 Å². The molecule has 2 aromatic heterocycles. The third kappa shape index (κ3) is 3.43. The molecule has 0 atom stereocenters. The Morgan fingerprint density at radius 2 is 2.04 bits per heavy atom. The molecule has 0 radical (unpaired) electrons. The van der Waals surface area contributed by atoms with Gasteiger partial charge in [0.15, 0.2) is 5.13 Å². The van der Waals surface area contributed by atoms with E-state index in [0.29, 0.717) is 21.3 Å². The number of ether oxygens (including phenoxy) is 1. The van der Waals surface area contributed by atoms with Gasteiger partial charge in [-0.3, -0.25) is 10.1 Å². The van der Waals surface area contributed by atoms with Crippen LogP contribution in [-0.2, 0) is 4.74 Å². The second kappa shape index (κ2) is 6.86. The van der Waals surface area contributed by atoms with Crippen LogP contribution in [-0.4, -0.2) is 33.8 Å². The molecule has 128 valence electrons. The van der Waals surface area contributed by atoms with E-state index in [2.05, 4.69) is 20.1 Å². The first-order valence-corrected chi connectivity index (χ1v) is 8.28. The Bertz CT molecular complexity index is 945. The molecule has 0 bridgehead atoms. The molecule has 0 aliphatic heterocycles. The van der Waals surface area contributed by atoms with Crippen molar-refractivity contribution < 1.29 is 14.3 Å². The van der Waals surface area contributed by atoms with Gasteiger partial charge in [0.1, 0.15) is 4.88 Å². The summed E-state index contributed by atoms with van der Waals surface area (Å²) < 4.78 is 6.34. The number of hydrogen-bond acceptors (Lipinski definition) is 6. The molecule has 1 N–H and O–H groups in total. The van der Waals surface area contributed by atoms with E-state index in [0.717, 1.165) is 22.6 Å². The SMILES string of the molecule is COC(=O)c1cnc(NC(=O)c2cnn(-c3cccc(C)c3)c2C)s1. The van der Waals surface area contributed by atoms with Crippen molar-refractivity contribution in [1.82, 2.24) is 14.8 Å². The van der Waals surface area contributed by atoms with Gasteiger partial charge in [0.05, 0.1) is 36.4 Å². The molecular weight excluding hydrogens is 340 g/mol. The molecule has 1 amide bonds. The summed E-state index contributed by atoms with van der Waals surface area (Å²) in [6, 6.07) is 7.86. The standard InChI is InChI=1S/C17H16N4O3S/c1-10-5-4-6-12(7-10)21-11(2)13(8-19-21)15(22)20-17-18-9-14(25-17)16(23)24-3/h4-9H,1-3H3,(H,18,20,22). The second-order valence-electron chi connectivity index (χ2n) is 5.37. The number of aryl methyl sites for hydroxylation is 1. The number of benzene rings is 1. The van der Waals surface area contributed by atoms with E-state index in [1.54, 1.807) is 4.68 Å². The van der Waals surface area contributed by atoms with Crippen molar-refractivity contribution in [1.29, 1.82) is 0 Å². The van der Waals surface area contributed by atoms with Crippen molar-refractivity contribution in [3.63, 3.8) is 0 Å². The van der Waals surface area contributed by atoms with Gasteiger partial charge in [-0.25, -0.2) is 14.5 Å². The first-order valence-electron chi connectivity index (χ1n) is 7.46. The molecule has 0 aliphatic rings. The molecular formula is C17H16N4O3S. The minimum Gasteiger partial charge on any atom is -0.465 e. The lowest BCUT2D eigenvalue weighted by Crippen LogP contribution is -2.13. The summed E-state index contributed by atoms with van der Waals surface area (Å²) in [5.74, 6) is -0.816. The summed E-state index contributed by atoms with van der Waals surface area (Å²) in [6.45, 7) is 3.82. The minimum absolute atomic E-state index is 0.324. The number of methoxy groups -OCH3 is 1. The molecule has 0 unspecified atom stereocenters. The third-order valence-corrected chi connectivity index (χ3v) is 4.51. The highest BCUT2D eigenvalue weighted by atomic mass is 32.1. The average molecular weight is 356 g/mol. The quantitative estimate of drug-likeness (QED) is 0.726. The highest BCUT2D eigenvalue weighted by Gasteiger charge is 2.18. The van der Waals surface area contributed by atoms with E-state index < -0.39 is 5.97 Å². The van der Waals surface area contributed by atoms with Crippen LogP contribution in [0.4, 0.5) is 5.13 Å². The molecule has 2 heterocycles. The van der Waals surface area contributed by atoms with Gasteiger partial charge < -0.3 is 4.74 Å². The van der Waals surface area contributed by atoms with Crippen molar-refractivity contribution in [3.05, 3.63) is 58.4 Å². The molecule has 0 spiro atoms. The number of esters is 1. The van der Waals surface area contributed by atoms with E-state index >= 15 is 0 Å². The Morgan fingerprint density at radius 3 is 2.76 bits per heavy atom. The number of anilines is 1. The number of carbonyl (C=O) groups is 2. The van der Waals surface area contributed by atoms with Gasteiger partial charge in [0, 0.05) is 0 Å². The fourth-order valence-electron chi connectivity index (χ4n) is 2.34. The van der Waals surface area contributed by atoms with E-state index in [9.17, 15) is 9.59 Å². The lowest BCUT2D eigenvalue weighted by atomic mass is 10.2. The van der Waals surface area contributed by atoms with Crippen molar-refractivity contribution in [2.45, 2.75) is 13.8 Å². The van der Waals surface area contributed by atoms with Crippen molar-refractivity contribution >= 4 is 28.3 Å². The predicted octanol–water partition coefficient (Wildman–Crippen LogP) is 2.98. The van der Waals surface area contributed by atoms with Crippen molar-refractivity contribution in [2.24, 2.45) is 0 Å². The van der Waals surface area contributed by atoms with Crippen molar-refractivity contribution in [3.8, 4) is 5.69 Å². The van der Waals surface area contributed by atoms with Gasteiger partial charge >= 0.3 is 5.97 Å². The Kier molecular flexibility index (Phi) is 4.62. The van der Waals surface area contributed by atoms with Crippen LogP contribution in [0.1, 0.15) is 31.3 Å². The van der Waals surface area contributed by atoms with Crippen LogP contribution in [0, 0.1) is 13.8 Å². The van der Waals surface area contributed by atoms with Gasteiger partial charge in [0.2, 0.25) is 0 Å². The number of nitrogens with zero attached hydrogens (tertiary/aromatic N) is 3. The zero-order valence-electron chi connectivity index (χ0n) is 13.9. The van der Waals surface area contributed by atoms with Crippen LogP contribution in [0.15, 0.2) is 36.7 Å². The minimum atomic E-state index is -0.485. The largest absolute Gasteiger partial charge is 0.465 e. The molecule has 7 nitrogen and oxygen atoms in total. The summed E-state index contributed by atoms with van der Waals surface area (Å²) in [5, 5.41) is 7.31. The second-order valence-corrected chi connectivity index (χ2v) is 6.40. The topological polar surface area (TPSA) is 86.1 Å². The van der Waals surface area contributed by atoms with Gasteiger partial charge in [-0.15, -0.1) is 0 Å². The number of carbonyl (C=O) groups excluding carboxylic acids is 2. The summed E-state index contributed by atoms with van der Waals surface area (Å²) in [4.78, 5) is 28.3. The Balaban J connectivity index is 1.81.